The van der Waals surface area contributed by atoms with Crippen molar-refractivity contribution in [2.24, 2.45) is 11.7 Å². The van der Waals surface area contributed by atoms with Crippen LogP contribution < -0.4 is 11.1 Å². The summed E-state index contributed by atoms with van der Waals surface area (Å²) < 4.78 is 0. The molecule has 138 valence electrons. The lowest BCUT2D eigenvalue weighted by molar-refractivity contribution is -0.136. The van der Waals surface area contributed by atoms with Crippen LogP contribution in [-0.2, 0) is 16.0 Å². The third-order valence-corrected chi connectivity index (χ3v) is 5.03. The van der Waals surface area contributed by atoms with Crippen molar-refractivity contribution in [1.29, 1.82) is 0 Å². The van der Waals surface area contributed by atoms with Gasteiger partial charge in [0.15, 0.2) is 0 Å². The maximum absolute atomic E-state index is 12.7. The van der Waals surface area contributed by atoms with E-state index >= 15 is 0 Å². The monoisotopic (exact) mass is 345 g/mol. The Morgan fingerprint density at radius 2 is 2.04 bits per heavy atom. The standard InChI is InChI=1S/C20H31N3O2/c1-3-16-6-8-17(9-7-16)15(2)13-19(24)23-12-4-5-18(14-23)20(25)22-11-10-21/h6-9,15,18H,3-5,10-14,21H2,1-2H3,(H,22,25). The van der Waals surface area contributed by atoms with Gasteiger partial charge in [-0.1, -0.05) is 38.1 Å². The van der Waals surface area contributed by atoms with Crippen LogP contribution in [0.1, 0.15) is 50.2 Å². The number of nitrogens with one attached hydrogen (secondary N) is 1. The molecule has 0 radical (unpaired) electrons. The molecule has 5 heteroatoms. The Kier molecular flexibility index (Phi) is 7.44. The first-order chi connectivity index (χ1) is 12.0. The number of carbonyl (C=O) groups excluding carboxylic acids is 2. The van der Waals surface area contributed by atoms with Gasteiger partial charge in [0.25, 0.3) is 0 Å². The van der Waals surface area contributed by atoms with E-state index in [-0.39, 0.29) is 23.7 Å². The molecule has 1 aliphatic heterocycles. The summed E-state index contributed by atoms with van der Waals surface area (Å²) in [6, 6.07) is 8.51. The topological polar surface area (TPSA) is 75.4 Å². The number of hydrogen-bond acceptors (Lipinski definition) is 3. The molecule has 2 rings (SSSR count). The molecule has 2 amide bonds. The SMILES string of the molecule is CCc1ccc(C(C)CC(=O)N2CCCC(C(=O)NCCN)C2)cc1. The molecule has 1 aromatic rings. The number of aryl methyl sites for hydroxylation is 1. The molecule has 3 N–H and O–H groups in total. The summed E-state index contributed by atoms with van der Waals surface area (Å²) >= 11 is 0. The van der Waals surface area contributed by atoms with E-state index < -0.39 is 0 Å². The number of nitrogens with zero attached hydrogens (tertiary/aromatic N) is 1. The van der Waals surface area contributed by atoms with Crippen LogP contribution in [0, 0.1) is 5.92 Å². The highest BCUT2D eigenvalue weighted by atomic mass is 16.2. The van der Waals surface area contributed by atoms with Crippen LogP contribution in [0.25, 0.3) is 0 Å². The van der Waals surface area contributed by atoms with E-state index in [1.165, 1.54) is 11.1 Å². The second kappa shape index (κ2) is 9.56. The maximum Gasteiger partial charge on any atom is 0.224 e. The Morgan fingerprint density at radius 3 is 2.68 bits per heavy atom. The molecule has 2 unspecified atom stereocenters. The fourth-order valence-electron chi connectivity index (χ4n) is 3.35. The van der Waals surface area contributed by atoms with E-state index in [0.29, 0.717) is 26.1 Å². The van der Waals surface area contributed by atoms with Crippen molar-refractivity contribution < 1.29 is 9.59 Å². The molecule has 1 fully saturated rings. The van der Waals surface area contributed by atoms with Gasteiger partial charge in [0.2, 0.25) is 11.8 Å². The second-order valence-electron chi connectivity index (χ2n) is 6.96. The van der Waals surface area contributed by atoms with E-state index in [4.69, 9.17) is 5.73 Å². The Balaban J connectivity index is 1.89. The van der Waals surface area contributed by atoms with Crippen molar-refractivity contribution in [2.75, 3.05) is 26.2 Å². The molecular weight excluding hydrogens is 314 g/mol. The molecule has 1 saturated heterocycles. The maximum atomic E-state index is 12.7. The van der Waals surface area contributed by atoms with E-state index in [1.807, 2.05) is 4.90 Å². The molecule has 0 aromatic heterocycles. The Labute approximate surface area is 151 Å². The smallest absolute Gasteiger partial charge is 0.224 e. The predicted octanol–water partition coefficient (Wildman–Crippen LogP) is 2.06. The lowest BCUT2D eigenvalue weighted by atomic mass is 9.93. The lowest BCUT2D eigenvalue weighted by Crippen LogP contribution is -2.46. The molecule has 0 bridgehead atoms. The van der Waals surface area contributed by atoms with E-state index in [1.54, 1.807) is 0 Å². The van der Waals surface area contributed by atoms with E-state index in [2.05, 4.69) is 43.4 Å². The van der Waals surface area contributed by atoms with E-state index in [9.17, 15) is 9.59 Å². The molecule has 0 saturated carbocycles. The quantitative estimate of drug-likeness (QED) is 0.794. The number of piperidine rings is 1. The van der Waals surface area contributed by atoms with Crippen molar-refractivity contribution in [3.8, 4) is 0 Å². The van der Waals surface area contributed by atoms with Crippen LogP contribution in [-0.4, -0.2) is 42.9 Å². The van der Waals surface area contributed by atoms with Gasteiger partial charge >= 0.3 is 0 Å². The molecule has 1 heterocycles. The third-order valence-electron chi connectivity index (χ3n) is 5.03. The van der Waals surface area contributed by atoms with Gasteiger partial charge in [0.1, 0.15) is 0 Å². The van der Waals surface area contributed by atoms with Gasteiger partial charge in [-0.15, -0.1) is 0 Å². The van der Waals surface area contributed by atoms with Crippen molar-refractivity contribution in [2.45, 2.75) is 45.4 Å². The van der Waals surface area contributed by atoms with Crippen molar-refractivity contribution >= 4 is 11.8 Å². The molecule has 25 heavy (non-hydrogen) atoms. The number of benzene rings is 1. The molecule has 1 aromatic carbocycles. The zero-order valence-corrected chi connectivity index (χ0v) is 15.5. The minimum Gasteiger partial charge on any atom is -0.355 e. The zero-order chi connectivity index (χ0) is 18.2. The van der Waals surface area contributed by atoms with Crippen LogP contribution in [0.2, 0.25) is 0 Å². The van der Waals surface area contributed by atoms with Gasteiger partial charge in [-0.2, -0.15) is 0 Å². The summed E-state index contributed by atoms with van der Waals surface area (Å²) in [6.07, 6.45) is 3.23. The van der Waals surface area contributed by atoms with Gasteiger partial charge in [-0.05, 0) is 36.3 Å². The summed E-state index contributed by atoms with van der Waals surface area (Å²) in [6.45, 7) is 6.44. The molecule has 0 spiro atoms. The first kappa shape index (κ1) is 19.4. The summed E-state index contributed by atoms with van der Waals surface area (Å²) in [5, 5.41) is 2.84. The van der Waals surface area contributed by atoms with Gasteiger partial charge in [-0.3, -0.25) is 9.59 Å². The minimum atomic E-state index is -0.108. The predicted molar refractivity (Wildman–Crippen MR) is 100 cm³/mol. The third kappa shape index (κ3) is 5.56. The highest BCUT2D eigenvalue weighted by molar-refractivity contribution is 5.81. The summed E-state index contributed by atoms with van der Waals surface area (Å²) in [4.78, 5) is 26.6. The fourth-order valence-corrected chi connectivity index (χ4v) is 3.35. The Bertz CT molecular complexity index is 571. The number of hydrogen-bond donors (Lipinski definition) is 2. The Morgan fingerprint density at radius 1 is 1.32 bits per heavy atom. The molecule has 1 aliphatic rings. The number of likely N-dealkylation sites (tertiary alicyclic amines) is 1. The summed E-state index contributed by atoms with van der Waals surface area (Å²) in [5.74, 6) is 0.239. The average Bonchev–Trinajstić information content (AvgIpc) is 2.66. The second-order valence-corrected chi connectivity index (χ2v) is 6.96. The Hall–Kier alpha value is -1.88. The van der Waals surface area contributed by atoms with Gasteiger partial charge in [0, 0.05) is 32.6 Å². The molecule has 0 aliphatic carbocycles. The first-order valence-corrected chi connectivity index (χ1v) is 9.39. The van der Waals surface area contributed by atoms with Gasteiger partial charge in [0.05, 0.1) is 5.92 Å². The number of amides is 2. The van der Waals surface area contributed by atoms with Crippen LogP contribution in [0.3, 0.4) is 0 Å². The molecule has 2 atom stereocenters. The van der Waals surface area contributed by atoms with Gasteiger partial charge < -0.3 is 16.0 Å². The van der Waals surface area contributed by atoms with Gasteiger partial charge in [-0.25, -0.2) is 0 Å². The highest BCUT2D eigenvalue weighted by Crippen LogP contribution is 2.23. The van der Waals surface area contributed by atoms with Crippen LogP contribution in [0.15, 0.2) is 24.3 Å². The number of nitrogens with two attached hydrogens (primary N) is 1. The van der Waals surface area contributed by atoms with E-state index in [0.717, 1.165) is 25.8 Å². The van der Waals surface area contributed by atoms with Crippen molar-refractivity contribution in [1.82, 2.24) is 10.2 Å². The first-order valence-electron chi connectivity index (χ1n) is 9.39. The van der Waals surface area contributed by atoms with Crippen molar-refractivity contribution in [3.05, 3.63) is 35.4 Å². The number of carbonyl (C=O) groups is 2. The van der Waals surface area contributed by atoms with Crippen LogP contribution in [0.5, 0.6) is 0 Å². The summed E-state index contributed by atoms with van der Waals surface area (Å²) in [5.41, 5.74) is 7.94. The summed E-state index contributed by atoms with van der Waals surface area (Å²) in [7, 11) is 0. The largest absolute Gasteiger partial charge is 0.355 e. The zero-order valence-electron chi connectivity index (χ0n) is 15.5. The number of rotatable bonds is 7. The highest BCUT2D eigenvalue weighted by Gasteiger charge is 2.28. The lowest BCUT2D eigenvalue weighted by Gasteiger charge is -2.32. The minimum absolute atomic E-state index is 0.0196. The van der Waals surface area contributed by atoms with Crippen LogP contribution >= 0.6 is 0 Å². The fraction of sp³-hybridized carbons (Fsp3) is 0.600. The molecule has 5 nitrogen and oxygen atoms in total. The molecular formula is C20H31N3O2. The van der Waals surface area contributed by atoms with Crippen LogP contribution in [0.4, 0.5) is 0 Å². The van der Waals surface area contributed by atoms with Crippen molar-refractivity contribution in [3.63, 3.8) is 0 Å². The average molecular weight is 345 g/mol. The normalized spacial score (nSPS) is 18.7.